The van der Waals surface area contributed by atoms with Crippen molar-refractivity contribution in [2.75, 3.05) is 19.6 Å². The molecular weight excluding hydrogens is 425 g/mol. The Bertz CT molecular complexity index is 903. The van der Waals surface area contributed by atoms with Gasteiger partial charge in [-0.15, -0.1) is 0 Å². The Hall–Kier alpha value is -2.22. The first-order valence-corrected chi connectivity index (χ1v) is 10.3. The fourth-order valence-corrected chi connectivity index (χ4v) is 3.44. The van der Waals surface area contributed by atoms with E-state index in [-0.39, 0.29) is 18.8 Å². The van der Waals surface area contributed by atoms with Gasteiger partial charge in [0, 0.05) is 19.6 Å². The second-order valence-electron chi connectivity index (χ2n) is 6.98. The molecule has 30 heavy (non-hydrogen) atoms. The maximum absolute atomic E-state index is 10.7. The van der Waals surface area contributed by atoms with Crippen LogP contribution in [0.4, 0.5) is 0 Å². The summed E-state index contributed by atoms with van der Waals surface area (Å²) in [6.07, 6.45) is -1.07. The second kappa shape index (κ2) is 10.7. The number of aliphatic hydroxyl groups excluding tert-OH is 2. The van der Waals surface area contributed by atoms with Crippen LogP contribution in [0.15, 0.2) is 60.7 Å². The lowest BCUT2D eigenvalue weighted by molar-refractivity contribution is 0.0661. The van der Waals surface area contributed by atoms with Crippen molar-refractivity contribution in [1.82, 2.24) is 14.9 Å². The van der Waals surface area contributed by atoms with Gasteiger partial charge in [0.05, 0.1) is 11.4 Å². The van der Waals surface area contributed by atoms with Gasteiger partial charge < -0.3 is 15.3 Å². The van der Waals surface area contributed by atoms with Crippen LogP contribution in [0.25, 0.3) is 0 Å². The van der Waals surface area contributed by atoms with Crippen molar-refractivity contribution in [3.8, 4) is 5.75 Å². The number of aliphatic hydroxyl groups is 2. The van der Waals surface area contributed by atoms with E-state index in [4.69, 9.17) is 23.2 Å². The number of aromatic nitrogens is 2. The zero-order valence-corrected chi connectivity index (χ0v) is 17.7. The molecule has 0 aliphatic carbocycles. The maximum atomic E-state index is 10.7. The van der Waals surface area contributed by atoms with Gasteiger partial charge in [-0.3, -0.25) is 4.90 Å². The number of phenolic OH excluding ortho intramolecular Hbond substituents is 1. The SMILES string of the molecule is Oc1ccc(CCN(CC(O)c2cccc(Cl)n2)CC(O)c2cccc(Cl)n2)cc1. The molecule has 0 aliphatic rings. The van der Waals surface area contributed by atoms with E-state index in [0.29, 0.717) is 34.7 Å². The van der Waals surface area contributed by atoms with Crippen molar-refractivity contribution in [1.29, 1.82) is 0 Å². The molecule has 0 spiro atoms. The van der Waals surface area contributed by atoms with Gasteiger partial charge in [0.15, 0.2) is 0 Å². The van der Waals surface area contributed by atoms with Crippen LogP contribution in [0.2, 0.25) is 10.3 Å². The summed E-state index contributed by atoms with van der Waals surface area (Å²) in [4.78, 5) is 10.3. The molecule has 8 heteroatoms. The minimum atomic E-state index is -0.872. The highest BCUT2D eigenvalue weighted by molar-refractivity contribution is 6.29. The second-order valence-corrected chi connectivity index (χ2v) is 7.75. The van der Waals surface area contributed by atoms with Gasteiger partial charge in [-0.25, -0.2) is 9.97 Å². The predicted molar refractivity (Wildman–Crippen MR) is 117 cm³/mol. The molecule has 2 atom stereocenters. The van der Waals surface area contributed by atoms with Crippen LogP contribution in [0.3, 0.4) is 0 Å². The van der Waals surface area contributed by atoms with Crippen molar-refractivity contribution in [3.05, 3.63) is 87.9 Å². The Balaban J connectivity index is 1.72. The largest absolute Gasteiger partial charge is 0.508 e. The van der Waals surface area contributed by atoms with Crippen LogP contribution in [-0.2, 0) is 6.42 Å². The van der Waals surface area contributed by atoms with E-state index in [1.54, 1.807) is 48.5 Å². The molecule has 0 amide bonds. The highest BCUT2D eigenvalue weighted by Gasteiger charge is 2.20. The topological polar surface area (TPSA) is 89.7 Å². The van der Waals surface area contributed by atoms with Crippen LogP contribution in [-0.4, -0.2) is 49.8 Å². The molecule has 3 aromatic rings. The van der Waals surface area contributed by atoms with Crippen molar-refractivity contribution < 1.29 is 15.3 Å². The standard InChI is InChI=1S/C22H23Cl2N3O3/c23-21-5-1-3-17(25-21)19(29)13-27(12-11-15-7-9-16(28)10-8-15)14-20(30)18-4-2-6-22(24)26-18/h1-10,19-20,28-30H,11-14H2. The smallest absolute Gasteiger partial charge is 0.129 e. The number of hydrogen-bond acceptors (Lipinski definition) is 6. The normalized spacial score (nSPS) is 13.4. The zero-order valence-electron chi connectivity index (χ0n) is 16.2. The minimum Gasteiger partial charge on any atom is -0.508 e. The Morgan fingerprint density at radius 3 is 1.73 bits per heavy atom. The van der Waals surface area contributed by atoms with E-state index < -0.39 is 12.2 Å². The van der Waals surface area contributed by atoms with E-state index >= 15 is 0 Å². The number of phenols is 1. The average Bonchev–Trinajstić information content (AvgIpc) is 2.73. The Kier molecular flexibility index (Phi) is 8.01. The molecule has 3 rings (SSSR count). The van der Waals surface area contributed by atoms with Crippen LogP contribution < -0.4 is 0 Å². The van der Waals surface area contributed by atoms with Gasteiger partial charge in [0.25, 0.3) is 0 Å². The molecule has 0 fully saturated rings. The molecule has 0 saturated heterocycles. The van der Waals surface area contributed by atoms with E-state index in [9.17, 15) is 15.3 Å². The van der Waals surface area contributed by atoms with E-state index in [2.05, 4.69) is 9.97 Å². The molecule has 158 valence electrons. The van der Waals surface area contributed by atoms with Gasteiger partial charge in [-0.1, -0.05) is 47.5 Å². The maximum Gasteiger partial charge on any atom is 0.129 e. The third kappa shape index (κ3) is 6.65. The van der Waals surface area contributed by atoms with E-state index in [1.165, 1.54) is 0 Å². The molecule has 0 bridgehead atoms. The fourth-order valence-electron chi connectivity index (χ4n) is 3.10. The highest BCUT2D eigenvalue weighted by Crippen LogP contribution is 2.19. The lowest BCUT2D eigenvalue weighted by atomic mass is 10.1. The van der Waals surface area contributed by atoms with Gasteiger partial charge in [-0.05, 0) is 48.4 Å². The molecule has 2 aromatic heterocycles. The predicted octanol–water partition coefficient (Wildman–Crippen LogP) is 3.80. The molecule has 1 aromatic carbocycles. The summed E-state index contributed by atoms with van der Waals surface area (Å²) < 4.78 is 0. The summed E-state index contributed by atoms with van der Waals surface area (Å²) in [5.74, 6) is 0.209. The summed E-state index contributed by atoms with van der Waals surface area (Å²) in [7, 11) is 0. The molecule has 0 saturated carbocycles. The number of hydrogen-bond donors (Lipinski definition) is 3. The Labute approximate surface area is 185 Å². The summed E-state index contributed by atoms with van der Waals surface area (Å²) in [6, 6.07) is 17.1. The van der Waals surface area contributed by atoms with Crippen molar-refractivity contribution >= 4 is 23.2 Å². The summed E-state index contributed by atoms with van der Waals surface area (Å²) >= 11 is 11.9. The quantitative estimate of drug-likeness (QED) is 0.432. The highest BCUT2D eigenvalue weighted by atomic mass is 35.5. The number of halogens is 2. The van der Waals surface area contributed by atoms with Crippen LogP contribution in [0.1, 0.15) is 29.2 Å². The summed E-state index contributed by atoms with van der Waals surface area (Å²) in [6.45, 7) is 1.08. The van der Waals surface area contributed by atoms with Gasteiger partial charge in [-0.2, -0.15) is 0 Å². The fraction of sp³-hybridized carbons (Fsp3) is 0.273. The number of rotatable bonds is 9. The van der Waals surface area contributed by atoms with Gasteiger partial charge in [0.1, 0.15) is 28.3 Å². The molecular formula is C22H23Cl2N3O3. The number of pyridine rings is 2. The molecule has 2 heterocycles. The van der Waals surface area contributed by atoms with E-state index in [0.717, 1.165) is 5.56 Å². The first-order valence-electron chi connectivity index (χ1n) is 9.52. The average molecular weight is 448 g/mol. The number of nitrogens with zero attached hydrogens (tertiary/aromatic N) is 3. The molecule has 2 unspecified atom stereocenters. The van der Waals surface area contributed by atoms with Crippen LogP contribution in [0, 0.1) is 0 Å². The minimum absolute atomic E-state index is 0.209. The molecule has 6 nitrogen and oxygen atoms in total. The van der Waals surface area contributed by atoms with Gasteiger partial charge in [0.2, 0.25) is 0 Å². The third-order valence-electron chi connectivity index (χ3n) is 4.67. The number of benzene rings is 1. The lowest BCUT2D eigenvalue weighted by Crippen LogP contribution is -2.35. The Morgan fingerprint density at radius 1 is 0.767 bits per heavy atom. The van der Waals surface area contributed by atoms with Crippen LogP contribution >= 0.6 is 23.2 Å². The first-order chi connectivity index (χ1) is 14.4. The van der Waals surface area contributed by atoms with Crippen molar-refractivity contribution in [2.24, 2.45) is 0 Å². The zero-order chi connectivity index (χ0) is 21.5. The summed E-state index contributed by atoms with van der Waals surface area (Å²) in [5, 5.41) is 31.4. The van der Waals surface area contributed by atoms with Gasteiger partial charge >= 0.3 is 0 Å². The van der Waals surface area contributed by atoms with Crippen LogP contribution in [0.5, 0.6) is 5.75 Å². The Morgan fingerprint density at radius 2 is 1.27 bits per heavy atom. The molecule has 0 aliphatic heterocycles. The van der Waals surface area contributed by atoms with E-state index in [1.807, 2.05) is 17.0 Å². The molecule has 3 N–H and O–H groups in total. The molecule has 0 radical (unpaired) electrons. The first kappa shape index (κ1) is 22.5. The summed E-state index contributed by atoms with van der Waals surface area (Å²) in [5.41, 5.74) is 1.96. The third-order valence-corrected chi connectivity index (χ3v) is 5.09. The van der Waals surface area contributed by atoms with Crippen molar-refractivity contribution in [3.63, 3.8) is 0 Å². The number of aromatic hydroxyl groups is 1. The monoisotopic (exact) mass is 447 g/mol. The lowest BCUT2D eigenvalue weighted by Gasteiger charge is -2.27. The van der Waals surface area contributed by atoms with Crippen molar-refractivity contribution in [2.45, 2.75) is 18.6 Å².